The summed E-state index contributed by atoms with van der Waals surface area (Å²) in [6.45, 7) is 4.45. The van der Waals surface area contributed by atoms with E-state index < -0.39 is 0 Å². The van der Waals surface area contributed by atoms with E-state index in [0.717, 1.165) is 12.6 Å². The first-order chi connectivity index (χ1) is 5.78. The second-order valence-electron chi connectivity index (χ2n) is 4.05. The van der Waals surface area contributed by atoms with E-state index in [1.54, 1.807) is 0 Å². The van der Waals surface area contributed by atoms with Crippen molar-refractivity contribution in [3.8, 4) is 0 Å². The molecule has 2 rings (SSSR count). The van der Waals surface area contributed by atoms with Crippen LogP contribution in [0.3, 0.4) is 0 Å². The van der Waals surface area contributed by atoms with Crippen molar-refractivity contribution in [3.63, 3.8) is 0 Å². The molecular formula is C9H18N2S. The molecule has 3 heteroatoms. The minimum Gasteiger partial charge on any atom is -0.329 e. The van der Waals surface area contributed by atoms with Gasteiger partial charge in [0.25, 0.3) is 0 Å². The molecule has 12 heavy (non-hydrogen) atoms. The van der Waals surface area contributed by atoms with Gasteiger partial charge in [-0.1, -0.05) is 0 Å². The van der Waals surface area contributed by atoms with Crippen LogP contribution in [0, 0.1) is 0 Å². The van der Waals surface area contributed by atoms with Gasteiger partial charge in [0.1, 0.15) is 0 Å². The van der Waals surface area contributed by atoms with E-state index in [1.165, 1.54) is 30.9 Å². The smallest absolute Gasteiger partial charge is 0.0336 e. The van der Waals surface area contributed by atoms with Crippen molar-refractivity contribution in [3.05, 3.63) is 0 Å². The van der Waals surface area contributed by atoms with Gasteiger partial charge in [-0.05, 0) is 19.8 Å². The second-order valence-corrected chi connectivity index (χ2v) is 5.20. The molecule has 1 atom stereocenters. The lowest BCUT2D eigenvalue weighted by Gasteiger charge is -2.39. The Labute approximate surface area is 78.9 Å². The first kappa shape index (κ1) is 8.85. The lowest BCUT2D eigenvalue weighted by molar-refractivity contribution is 0.147. The van der Waals surface area contributed by atoms with Crippen LogP contribution < -0.4 is 5.73 Å². The molecule has 2 aliphatic rings. The zero-order valence-corrected chi connectivity index (χ0v) is 8.57. The van der Waals surface area contributed by atoms with Crippen LogP contribution in [0.1, 0.15) is 19.8 Å². The minimum atomic E-state index is 0.431. The highest BCUT2D eigenvalue weighted by Gasteiger charge is 2.48. The summed E-state index contributed by atoms with van der Waals surface area (Å²) in [4.78, 5) is 2.64. The van der Waals surface area contributed by atoms with Gasteiger partial charge in [-0.25, -0.2) is 0 Å². The molecule has 0 spiro atoms. The molecule has 1 aliphatic carbocycles. The molecule has 2 N–H and O–H groups in total. The zero-order valence-electron chi connectivity index (χ0n) is 7.75. The van der Waals surface area contributed by atoms with Crippen molar-refractivity contribution in [2.24, 2.45) is 5.73 Å². The van der Waals surface area contributed by atoms with Crippen LogP contribution in [0.15, 0.2) is 0 Å². The van der Waals surface area contributed by atoms with E-state index in [0.29, 0.717) is 5.54 Å². The van der Waals surface area contributed by atoms with Gasteiger partial charge < -0.3 is 5.73 Å². The summed E-state index contributed by atoms with van der Waals surface area (Å²) in [6.07, 6.45) is 2.66. The van der Waals surface area contributed by atoms with E-state index in [1.807, 2.05) is 0 Å². The molecule has 1 saturated carbocycles. The van der Waals surface area contributed by atoms with Gasteiger partial charge in [-0.3, -0.25) is 4.90 Å². The first-order valence-corrected chi connectivity index (χ1v) is 5.98. The highest BCUT2D eigenvalue weighted by Crippen LogP contribution is 2.43. The molecule has 2 fully saturated rings. The largest absolute Gasteiger partial charge is 0.329 e. The van der Waals surface area contributed by atoms with E-state index in [9.17, 15) is 0 Å². The Kier molecular flexibility index (Phi) is 2.36. The van der Waals surface area contributed by atoms with E-state index in [4.69, 9.17) is 5.73 Å². The van der Waals surface area contributed by atoms with Gasteiger partial charge >= 0.3 is 0 Å². The van der Waals surface area contributed by atoms with Gasteiger partial charge in [0.2, 0.25) is 0 Å². The number of nitrogens with two attached hydrogens (primary N) is 1. The molecule has 1 unspecified atom stereocenters. The van der Waals surface area contributed by atoms with Crippen molar-refractivity contribution < 1.29 is 0 Å². The fraction of sp³-hybridized carbons (Fsp3) is 1.00. The summed E-state index contributed by atoms with van der Waals surface area (Å²) in [5.74, 6) is 2.59. The Balaban J connectivity index is 2.01. The molecule has 1 aliphatic heterocycles. The number of thioether (sulfide) groups is 1. The Bertz CT molecular complexity index is 168. The standard InChI is InChI=1S/C9H18N2S/c1-8-6-12-5-4-11(8)9(7-10)2-3-9/h8H,2-7,10H2,1H3. The van der Waals surface area contributed by atoms with Crippen LogP contribution in [0.25, 0.3) is 0 Å². The summed E-state index contributed by atoms with van der Waals surface area (Å²) >= 11 is 2.08. The first-order valence-electron chi connectivity index (χ1n) is 4.83. The normalized spacial score (nSPS) is 35.0. The topological polar surface area (TPSA) is 29.3 Å². The van der Waals surface area contributed by atoms with Gasteiger partial charge in [0.15, 0.2) is 0 Å². The fourth-order valence-electron chi connectivity index (χ4n) is 2.18. The minimum absolute atomic E-state index is 0.431. The quantitative estimate of drug-likeness (QED) is 0.695. The number of rotatable bonds is 2. The fourth-order valence-corrected chi connectivity index (χ4v) is 3.20. The van der Waals surface area contributed by atoms with Gasteiger partial charge in [-0.2, -0.15) is 11.8 Å². The van der Waals surface area contributed by atoms with Crippen molar-refractivity contribution in [1.82, 2.24) is 4.90 Å². The highest BCUT2D eigenvalue weighted by molar-refractivity contribution is 7.99. The summed E-state index contributed by atoms with van der Waals surface area (Å²) in [5, 5.41) is 0. The molecule has 1 heterocycles. The summed E-state index contributed by atoms with van der Waals surface area (Å²) < 4.78 is 0. The van der Waals surface area contributed by atoms with Crippen LogP contribution in [0.2, 0.25) is 0 Å². The van der Waals surface area contributed by atoms with Crippen molar-refractivity contribution >= 4 is 11.8 Å². The van der Waals surface area contributed by atoms with Crippen LogP contribution >= 0.6 is 11.8 Å². The van der Waals surface area contributed by atoms with E-state index in [2.05, 4.69) is 23.6 Å². The summed E-state index contributed by atoms with van der Waals surface area (Å²) in [5.41, 5.74) is 6.24. The Hall–Kier alpha value is 0.270. The third-order valence-electron chi connectivity index (χ3n) is 3.18. The summed E-state index contributed by atoms with van der Waals surface area (Å²) in [7, 11) is 0. The second kappa shape index (κ2) is 3.20. The number of nitrogens with zero attached hydrogens (tertiary/aromatic N) is 1. The van der Waals surface area contributed by atoms with Gasteiger partial charge in [0.05, 0.1) is 0 Å². The Morgan fingerprint density at radius 2 is 2.33 bits per heavy atom. The van der Waals surface area contributed by atoms with Crippen LogP contribution in [0.5, 0.6) is 0 Å². The van der Waals surface area contributed by atoms with Gasteiger partial charge in [-0.15, -0.1) is 0 Å². The molecule has 0 aromatic heterocycles. The van der Waals surface area contributed by atoms with Crippen molar-refractivity contribution in [2.75, 3.05) is 24.6 Å². The molecule has 0 radical (unpaired) electrons. The maximum absolute atomic E-state index is 5.81. The molecule has 0 aromatic rings. The molecule has 2 nitrogen and oxygen atoms in total. The molecule has 0 amide bonds. The SMILES string of the molecule is CC1CSCCN1C1(CN)CC1. The van der Waals surface area contributed by atoms with Crippen molar-refractivity contribution in [1.29, 1.82) is 0 Å². The maximum atomic E-state index is 5.81. The van der Waals surface area contributed by atoms with E-state index in [-0.39, 0.29) is 0 Å². The maximum Gasteiger partial charge on any atom is 0.0336 e. The highest BCUT2D eigenvalue weighted by atomic mass is 32.2. The lowest BCUT2D eigenvalue weighted by Crippen LogP contribution is -2.51. The molecule has 0 aromatic carbocycles. The number of hydrogen-bond donors (Lipinski definition) is 1. The third kappa shape index (κ3) is 1.38. The van der Waals surface area contributed by atoms with Crippen molar-refractivity contribution in [2.45, 2.75) is 31.3 Å². The average molecular weight is 186 g/mol. The Morgan fingerprint density at radius 3 is 2.83 bits per heavy atom. The average Bonchev–Trinajstić information content (AvgIpc) is 2.86. The van der Waals surface area contributed by atoms with E-state index >= 15 is 0 Å². The molecule has 1 saturated heterocycles. The predicted octanol–water partition coefficient (Wildman–Crippen LogP) is 0.915. The lowest BCUT2D eigenvalue weighted by atomic mass is 10.1. The zero-order chi connectivity index (χ0) is 8.60. The van der Waals surface area contributed by atoms with Gasteiger partial charge in [0, 0.05) is 36.2 Å². The molecular weight excluding hydrogens is 168 g/mol. The number of hydrogen-bond acceptors (Lipinski definition) is 3. The molecule has 70 valence electrons. The monoisotopic (exact) mass is 186 g/mol. The molecule has 0 bridgehead atoms. The van der Waals surface area contributed by atoms with Crippen LogP contribution in [0.4, 0.5) is 0 Å². The predicted molar refractivity (Wildman–Crippen MR) is 54.5 cm³/mol. The third-order valence-corrected chi connectivity index (χ3v) is 4.37. The summed E-state index contributed by atoms with van der Waals surface area (Å²) in [6, 6.07) is 0.745. The van der Waals surface area contributed by atoms with Crippen LogP contribution in [-0.2, 0) is 0 Å². The van der Waals surface area contributed by atoms with Crippen LogP contribution in [-0.4, -0.2) is 41.1 Å². The Morgan fingerprint density at radius 1 is 1.58 bits per heavy atom.